The molecule has 0 spiro atoms. The van der Waals surface area contributed by atoms with Gasteiger partial charge in [-0.25, -0.2) is 0 Å². The third kappa shape index (κ3) is 2.59. The highest BCUT2D eigenvalue weighted by Gasteiger charge is 2.18. The second-order valence-corrected chi connectivity index (χ2v) is 4.08. The molecule has 1 aromatic heterocycles. The minimum Gasteiger partial charge on any atom is -0.393 e. The van der Waals surface area contributed by atoms with Crippen LogP contribution in [0.25, 0.3) is 0 Å². The molecule has 0 saturated heterocycles. The summed E-state index contributed by atoms with van der Waals surface area (Å²) < 4.78 is 0. The summed E-state index contributed by atoms with van der Waals surface area (Å²) in [5.41, 5.74) is 1.23. The highest BCUT2D eigenvalue weighted by molar-refractivity contribution is 5.03. The highest BCUT2D eigenvalue weighted by atomic mass is 16.3. The summed E-state index contributed by atoms with van der Waals surface area (Å²) in [5, 5.41) is 12.8. The zero-order valence-corrected chi connectivity index (χ0v) is 8.37. The molecule has 1 aromatic rings. The van der Waals surface area contributed by atoms with Gasteiger partial charge in [0.2, 0.25) is 0 Å². The van der Waals surface area contributed by atoms with E-state index in [-0.39, 0.29) is 6.10 Å². The van der Waals surface area contributed by atoms with Gasteiger partial charge in [-0.1, -0.05) is 0 Å². The first kappa shape index (κ1) is 9.74. The van der Waals surface area contributed by atoms with Crippen molar-refractivity contribution in [2.75, 3.05) is 0 Å². The first-order valence-corrected chi connectivity index (χ1v) is 5.38. The quantitative estimate of drug-likeness (QED) is 0.681. The summed E-state index contributed by atoms with van der Waals surface area (Å²) in [6, 6.07) is 4.69. The maximum atomic E-state index is 9.35. The summed E-state index contributed by atoms with van der Waals surface area (Å²) >= 11 is 0. The van der Waals surface area contributed by atoms with Crippen molar-refractivity contribution >= 4 is 0 Å². The minimum atomic E-state index is -0.0569. The Morgan fingerprint density at radius 1 is 1.36 bits per heavy atom. The fraction of sp³-hybridized carbons (Fsp3) is 0.636. The van der Waals surface area contributed by atoms with Gasteiger partial charge in [0.1, 0.15) is 0 Å². The van der Waals surface area contributed by atoms with E-state index in [0.717, 1.165) is 32.2 Å². The Labute approximate surface area is 84.5 Å². The monoisotopic (exact) mass is 194 g/mol. The van der Waals surface area contributed by atoms with E-state index >= 15 is 0 Å². The molecule has 0 aliphatic heterocycles. The smallest absolute Gasteiger partial charge is 0.0541 e. The van der Waals surface area contributed by atoms with Gasteiger partial charge >= 0.3 is 0 Å². The predicted molar refractivity (Wildman–Crippen MR) is 55.9 cm³/mol. The Morgan fingerprint density at radius 3 is 2.79 bits per heavy atom. The SMILES string of the molecule is OC1CCC(NCc2ccc[nH]2)CC1. The summed E-state index contributed by atoms with van der Waals surface area (Å²) in [6.07, 6.45) is 5.98. The van der Waals surface area contributed by atoms with E-state index < -0.39 is 0 Å². The minimum absolute atomic E-state index is 0.0569. The summed E-state index contributed by atoms with van der Waals surface area (Å²) in [6.45, 7) is 0.910. The van der Waals surface area contributed by atoms with Crippen LogP contribution in [0.2, 0.25) is 0 Å². The number of hydrogen-bond acceptors (Lipinski definition) is 2. The maximum Gasteiger partial charge on any atom is 0.0541 e. The number of rotatable bonds is 3. The van der Waals surface area contributed by atoms with Gasteiger partial charge in [-0.15, -0.1) is 0 Å². The van der Waals surface area contributed by atoms with Crippen LogP contribution in [0, 0.1) is 0 Å². The molecule has 14 heavy (non-hydrogen) atoms. The Hall–Kier alpha value is -0.800. The van der Waals surface area contributed by atoms with Crippen molar-refractivity contribution in [2.45, 2.75) is 44.4 Å². The lowest BCUT2D eigenvalue weighted by molar-refractivity contribution is 0.116. The van der Waals surface area contributed by atoms with Gasteiger partial charge in [-0.2, -0.15) is 0 Å². The van der Waals surface area contributed by atoms with Crippen molar-refractivity contribution < 1.29 is 5.11 Å². The van der Waals surface area contributed by atoms with E-state index in [9.17, 15) is 5.11 Å². The van der Waals surface area contributed by atoms with Crippen molar-refractivity contribution in [3.8, 4) is 0 Å². The Morgan fingerprint density at radius 2 is 2.14 bits per heavy atom. The van der Waals surface area contributed by atoms with E-state index in [1.54, 1.807) is 0 Å². The summed E-state index contributed by atoms with van der Waals surface area (Å²) in [5.74, 6) is 0. The van der Waals surface area contributed by atoms with E-state index in [2.05, 4.69) is 16.4 Å². The zero-order valence-electron chi connectivity index (χ0n) is 8.37. The Balaban J connectivity index is 1.71. The third-order valence-electron chi connectivity index (χ3n) is 2.94. The first-order chi connectivity index (χ1) is 6.84. The highest BCUT2D eigenvalue weighted by Crippen LogP contribution is 2.18. The number of nitrogens with one attached hydrogen (secondary N) is 2. The number of aliphatic hydroxyl groups is 1. The molecule has 0 aromatic carbocycles. The lowest BCUT2D eigenvalue weighted by Gasteiger charge is -2.26. The largest absolute Gasteiger partial charge is 0.393 e. The van der Waals surface area contributed by atoms with Gasteiger partial charge in [0, 0.05) is 24.5 Å². The molecular formula is C11H18N2O. The van der Waals surface area contributed by atoms with Crippen LogP contribution < -0.4 is 5.32 Å². The van der Waals surface area contributed by atoms with E-state index in [4.69, 9.17) is 0 Å². The number of hydrogen-bond donors (Lipinski definition) is 3. The molecule has 2 rings (SSSR count). The normalized spacial score (nSPS) is 27.8. The van der Waals surface area contributed by atoms with E-state index in [1.165, 1.54) is 5.69 Å². The molecule has 0 unspecified atom stereocenters. The number of aromatic amines is 1. The molecule has 78 valence electrons. The molecular weight excluding hydrogens is 176 g/mol. The van der Waals surface area contributed by atoms with Crippen molar-refractivity contribution in [1.29, 1.82) is 0 Å². The Kier molecular flexibility index (Phi) is 3.22. The molecule has 3 nitrogen and oxygen atoms in total. The molecule has 3 N–H and O–H groups in total. The number of H-pyrrole nitrogens is 1. The van der Waals surface area contributed by atoms with Crippen LogP contribution in [0.15, 0.2) is 18.3 Å². The molecule has 1 aliphatic rings. The lowest BCUT2D eigenvalue weighted by Crippen LogP contribution is -2.34. The van der Waals surface area contributed by atoms with Crippen LogP contribution in [-0.2, 0) is 6.54 Å². The van der Waals surface area contributed by atoms with Crippen molar-refractivity contribution in [1.82, 2.24) is 10.3 Å². The molecule has 1 heterocycles. The standard InChI is InChI=1S/C11H18N2O/c14-11-5-3-9(4-6-11)13-8-10-2-1-7-12-10/h1-2,7,9,11-14H,3-6,8H2. The topological polar surface area (TPSA) is 48.0 Å². The zero-order chi connectivity index (χ0) is 9.80. The van der Waals surface area contributed by atoms with Gasteiger partial charge < -0.3 is 15.4 Å². The first-order valence-electron chi connectivity index (χ1n) is 5.38. The van der Waals surface area contributed by atoms with Crippen LogP contribution >= 0.6 is 0 Å². The lowest BCUT2D eigenvalue weighted by atomic mass is 9.93. The van der Waals surface area contributed by atoms with E-state index in [0.29, 0.717) is 6.04 Å². The van der Waals surface area contributed by atoms with Crippen LogP contribution in [-0.4, -0.2) is 22.2 Å². The second kappa shape index (κ2) is 4.62. The van der Waals surface area contributed by atoms with Gasteiger partial charge in [-0.05, 0) is 37.8 Å². The van der Waals surface area contributed by atoms with Gasteiger partial charge in [0.25, 0.3) is 0 Å². The fourth-order valence-electron chi connectivity index (χ4n) is 2.01. The van der Waals surface area contributed by atoms with Gasteiger partial charge in [0.15, 0.2) is 0 Å². The van der Waals surface area contributed by atoms with Crippen LogP contribution in [0.4, 0.5) is 0 Å². The van der Waals surface area contributed by atoms with Crippen LogP contribution in [0.3, 0.4) is 0 Å². The van der Waals surface area contributed by atoms with Gasteiger partial charge in [-0.3, -0.25) is 0 Å². The molecule has 1 fully saturated rings. The molecule has 1 saturated carbocycles. The molecule has 1 aliphatic carbocycles. The van der Waals surface area contributed by atoms with Crippen molar-refractivity contribution in [3.05, 3.63) is 24.0 Å². The molecule has 3 heteroatoms. The van der Waals surface area contributed by atoms with Crippen LogP contribution in [0.5, 0.6) is 0 Å². The molecule has 0 atom stereocenters. The van der Waals surface area contributed by atoms with Gasteiger partial charge in [0.05, 0.1) is 6.10 Å². The molecule has 0 amide bonds. The van der Waals surface area contributed by atoms with E-state index in [1.807, 2.05) is 12.3 Å². The number of aliphatic hydroxyl groups excluding tert-OH is 1. The maximum absolute atomic E-state index is 9.35. The average Bonchev–Trinajstić information content (AvgIpc) is 2.70. The van der Waals surface area contributed by atoms with Crippen molar-refractivity contribution in [2.24, 2.45) is 0 Å². The predicted octanol–water partition coefficient (Wildman–Crippen LogP) is 1.41. The summed E-state index contributed by atoms with van der Waals surface area (Å²) in [7, 11) is 0. The molecule has 0 radical (unpaired) electrons. The third-order valence-corrected chi connectivity index (χ3v) is 2.94. The van der Waals surface area contributed by atoms with Crippen molar-refractivity contribution in [3.63, 3.8) is 0 Å². The Bertz CT molecular complexity index is 250. The fourth-order valence-corrected chi connectivity index (χ4v) is 2.01. The van der Waals surface area contributed by atoms with Crippen LogP contribution in [0.1, 0.15) is 31.4 Å². The summed E-state index contributed by atoms with van der Waals surface area (Å²) in [4.78, 5) is 3.17. The molecule has 0 bridgehead atoms. The number of aromatic nitrogens is 1. The average molecular weight is 194 g/mol. The second-order valence-electron chi connectivity index (χ2n) is 4.08.